The van der Waals surface area contributed by atoms with Crippen LogP contribution in [0.15, 0.2) is 24.3 Å². The summed E-state index contributed by atoms with van der Waals surface area (Å²) in [5.74, 6) is 0. The fraction of sp³-hybridized carbons (Fsp3) is 0.538. The predicted molar refractivity (Wildman–Crippen MR) is 63.8 cm³/mol. The van der Waals surface area contributed by atoms with Gasteiger partial charge in [0, 0.05) is 12.6 Å². The number of hydrogen-bond donors (Lipinski definition) is 2. The first-order valence-corrected chi connectivity index (χ1v) is 5.41. The molecule has 1 unspecified atom stereocenters. The van der Waals surface area contributed by atoms with Crippen molar-refractivity contribution >= 4 is 0 Å². The molecule has 0 saturated carbocycles. The van der Waals surface area contributed by atoms with Gasteiger partial charge in [0.25, 0.3) is 0 Å². The van der Waals surface area contributed by atoms with Gasteiger partial charge in [0.05, 0.1) is 5.60 Å². The number of aliphatic hydroxyl groups is 1. The van der Waals surface area contributed by atoms with Crippen LogP contribution in [0.5, 0.6) is 0 Å². The molecule has 1 atom stereocenters. The Kier molecular flexibility index (Phi) is 3.89. The maximum absolute atomic E-state index is 9.75. The smallest absolute Gasteiger partial charge is 0.0741 e. The Labute approximate surface area is 92.3 Å². The maximum Gasteiger partial charge on any atom is 0.0741 e. The number of nitrogens with one attached hydrogen (secondary N) is 1. The maximum atomic E-state index is 9.75. The second-order valence-electron chi connectivity index (χ2n) is 4.74. The summed E-state index contributed by atoms with van der Waals surface area (Å²) in [6.45, 7) is 8.51. The van der Waals surface area contributed by atoms with Crippen LogP contribution in [-0.2, 0) is 6.54 Å². The predicted octanol–water partition coefficient (Wildman–Crippen LogP) is 2.24. The van der Waals surface area contributed by atoms with Gasteiger partial charge < -0.3 is 10.4 Å². The van der Waals surface area contributed by atoms with E-state index in [4.69, 9.17) is 0 Å². The third kappa shape index (κ3) is 4.02. The van der Waals surface area contributed by atoms with Gasteiger partial charge in [-0.2, -0.15) is 0 Å². The summed E-state index contributed by atoms with van der Waals surface area (Å²) in [6, 6.07) is 8.51. The van der Waals surface area contributed by atoms with Gasteiger partial charge >= 0.3 is 0 Å². The van der Waals surface area contributed by atoms with Crippen LogP contribution in [0.1, 0.15) is 31.9 Å². The first-order chi connectivity index (χ1) is 6.89. The van der Waals surface area contributed by atoms with Crippen LogP contribution in [0, 0.1) is 6.92 Å². The quantitative estimate of drug-likeness (QED) is 0.793. The first-order valence-electron chi connectivity index (χ1n) is 5.41. The standard InChI is InChI=1S/C13H21NO/c1-10-5-7-12(8-6-10)9-14-11(2)13(3,4)15/h5-8,11,14-15H,9H2,1-4H3. The molecular weight excluding hydrogens is 186 g/mol. The van der Waals surface area contributed by atoms with Crippen molar-refractivity contribution in [3.05, 3.63) is 35.4 Å². The van der Waals surface area contributed by atoms with Crippen molar-refractivity contribution in [3.8, 4) is 0 Å². The molecule has 2 nitrogen and oxygen atoms in total. The lowest BCUT2D eigenvalue weighted by Crippen LogP contribution is -2.44. The third-order valence-corrected chi connectivity index (χ3v) is 2.79. The number of hydrogen-bond acceptors (Lipinski definition) is 2. The Morgan fingerprint density at radius 3 is 2.27 bits per heavy atom. The molecule has 2 N–H and O–H groups in total. The van der Waals surface area contributed by atoms with E-state index in [2.05, 4.69) is 36.5 Å². The second-order valence-corrected chi connectivity index (χ2v) is 4.74. The van der Waals surface area contributed by atoms with Gasteiger partial charge in [-0.3, -0.25) is 0 Å². The molecule has 1 aromatic rings. The van der Waals surface area contributed by atoms with Crippen molar-refractivity contribution in [2.45, 2.75) is 45.9 Å². The second kappa shape index (κ2) is 4.77. The fourth-order valence-electron chi connectivity index (χ4n) is 1.23. The topological polar surface area (TPSA) is 32.3 Å². The Morgan fingerprint density at radius 2 is 1.80 bits per heavy atom. The third-order valence-electron chi connectivity index (χ3n) is 2.79. The summed E-state index contributed by atoms with van der Waals surface area (Å²) < 4.78 is 0. The minimum atomic E-state index is -0.676. The molecule has 1 aromatic carbocycles. The van der Waals surface area contributed by atoms with E-state index in [1.165, 1.54) is 11.1 Å². The Balaban J connectivity index is 2.47. The zero-order chi connectivity index (χ0) is 11.5. The molecule has 0 heterocycles. The average Bonchev–Trinajstić information content (AvgIpc) is 2.15. The van der Waals surface area contributed by atoms with E-state index in [0.29, 0.717) is 0 Å². The Bertz CT molecular complexity index is 297. The summed E-state index contributed by atoms with van der Waals surface area (Å²) in [5, 5.41) is 13.1. The molecule has 0 fully saturated rings. The molecule has 1 rings (SSSR count). The summed E-state index contributed by atoms with van der Waals surface area (Å²) >= 11 is 0. The largest absolute Gasteiger partial charge is 0.389 e. The molecule has 0 spiro atoms. The van der Waals surface area contributed by atoms with Gasteiger partial charge in [-0.25, -0.2) is 0 Å². The lowest BCUT2D eigenvalue weighted by Gasteiger charge is -2.26. The Hall–Kier alpha value is -0.860. The van der Waals surface area contributed by atoms with Crippen molar-refractivity contribution in [2.75, 3.05) is 0 Å². The fourth-order valence-corrected chi connectivity index (χ4v) is 1.23. The van der Waals surface area contributed by atoms with Crippen molar-refractivity contribution in [1.29, 1.82) is 0 Å². The van der Waals surface area contributed by atoms with E-state index in [-0.39, 0.29) is 6.04 Å². The SMILES string of the molecule is Cc1ccc(CNC(C)C(C)(C)O)cc1. The molecule has 2 heteroatoms. The van der Waals surface area contributed by atoms with Gasteiger partial charge in [-0.15, -0.1) is 0 Å². The zero-order valence-corrected chi connectivity index (χ0v) is 10.0. The molecule has 0 aromatic heterocycles. The van der Waals surface area contributed by atoms with Gasteiger partial charge in [-0.1, -0.05) is 29.8 Å². The highest BCUT2D eigenvalue weighted by molar-refractivity contribution is 5.21. The van der Waals surface area contributed by atoms with Crippen molar-refractivity contribution in [1.82, 2.24) is 5.32 Å². The summed E-state index contributed by atoms with van der Waals surface area (Å²) in [4.78, 5) is 0. The van der Waals surface area contributed by atoms with Crippen LogP contribution in [-0.4, -0.2) is 16.7 Å². The molecule has 15 heavy (non-hydrogen) atoms. The lowest BCUT2D eigenvalue weighted by molar-refractivity contribution is 0.0437. The highest BCUT2D eigenvalue weighted by Crippen LogP contribution is 2.09. The molecule has 0 bridgehead atoms. The van der Waals surface area contributed by atoms with Crippen LogP contribution in [0.2, 0.25) is 0 Å². The summed E-state index contributed by atoms with van der Waals surface area (Å²) in [6.07, 6.45) is 0. The molecule has 0 saturated heterocycles. The minimum Gasteiger partial charge on any atom is -0.389 e. The monoisotopic (exact) mass is 207 g/mol. The summed E-state index contributed by atoms with van der Waals surface area (Å²) in [5.41, 5.74) is 1.84. The van der Waals surface area contributed by atoms with Crippen LogP contribution in [0.3, 0.4) is 0 Å². The highest BCUT2D eigenvalue weighted by atomic mass is 16.3. The average molecular weight is 207 g/mol. The van der Waals surface area contributed by atoms with Gasteiger partial charge in [0.2, 0.25) is 0 Å². The zero-order valence-electron chi connectivity index (χ0n) is 10.0. The van der Waals surface area contributed by atoms with Crippen LogP contribution in [0.4, 0.5) is 0 Å². The number of benzene rings is 1. The molecule has 0 aliphatic carbocycles. The first kappa shape index (κ1) is 12.2. The van der Waals surface area contributed by atoms with E-state index in [1.807, 2.05) is 20.8 Å². The Morgan fingerprint density at radius 1 is 1.27 bits per heavy atom. The van der Waals surface area contributed by atoms with E-state index in [0.717, 1.165) is 6.54 Å². The summed E-state index contributed by atoms with van der Waals surface area (Å²) in [7, 11) is 0. The number of aryl methyl sites for hydroxylation is 1. The minimum absolute atomic E-state index is 0.0822. The van der Waals surface area contributed by atoms with E-state index in [1.54, 1.807) is 0 Å². The lowest BCUT2D eigenvalue weighted by atomic mass is 10.0. The molecule has 84 valence electrons. The molecular formula is C13H21NO. The van der Waals surface area contributed by atoms with E-state index >= 15 is 0 Å². The van der Waals surface area contributed by atoms with Crippen LogP contribution in [0.25, 0.3) is 0 Å². The number of rotatable bonds is 4. The van der Waals surface area contributed by atoms with Gasteiger partial charge in [0.15, 0.2) is 0 Å². The molecule has 0 aliphatic heterocycles. The molecule has 0 radical (unpaired) electrons. The highest BCUT2D eigenvalue weighted by Gasteiger charge is 2.21. The van der Waals surface area contributed by atoms with Crippen molar-refractivity contribution in [2.24, 2.45) is 0 Å². The van der Waals surface area contributed by atoms with Crippen molar-refractivity contribution < 1.29 is 5.11 Å². The van der Waals surface area contributed by atoms with E-state index < -0.39 is 5.60 Å². The van der Waals surface area contributed by atoms with Crippen molar-refractivity contribution in [3.63, 3.8) is 0 Å². The normalized spacial score (nSPS) is 13.9. The van der Waals surface area contributed by atoms with E-state index in [9.17, 15) is 5.11 Å². The van der Waals surface area contributed by atoms with Gasteiger partial charge in [0.1, 0.15) is 0 Å². The van der Waals surface area contributed by atoms with Crippen LogP contribution < -0.4 is 5.32 Å². The van der Waals surface area contributed by atoms with Gasteiger partial charge in [-0.05, 0) is 33.3 Å². The van der Waals surface area contributed by atoms with Crippen LogP contribution >= 0.6 is 0 Å². The molecule has 0 aliphatic rings. The molecule has 0 amide bonds.